The van der Waals surface area contributed by atoms with Crippen molar-refractivity contribution in [3.05, 3.63) is 140 Å². The van der Waals surface area contributed by atoms with Crippen molar-refractivity contribution < 1.29 is 56.8 Å². The highest BCUT2D eigenvalue weighted by Gasteiger charge is 2.20. The Morgan fingerprint density at radius 2 is 0.904 bits per heavy atom. The summed E-state index contributed by atoms with van der Waals surface area (Å²) in [5.41, 5.74) is 8.21. The number of pyridine rings is 4. The third kappa shape index (κ3) is 9.30. The number of nitrogens with zero attached hydrogens (tertiary/aromatic N) is 4. The predicted molar refractivity (Wildman–Crippen MR) is 193 cm³/mol. The van der Waals surface area contributed by atoms with Crippen LogP contribution >= 0.6 is 15.2 Å². The van der Waals surface area contributed by atoms with E-state index in [4.69, 9.17) is 24.3 Å². The topological polar surface area (TPSA) is 160 Å². The molecular formula is C38H40N4O8P2+4. The lowest BCUT2D eigenvalue weighted by atomic mass is 10.0. The van der Waals surface area contributed by atoms with Crippen LogP contribution in [0, 0.1) is 0 Å². The van der Waals surface area contributed by atoms with Gasteiger partial charge in [-0.3, -0.25) is 9.13 Å². The van der Waals surface area contributed by atoms with E-state index in [-0.39, 0.29) is 32.0 Å². The minimum Gasteiger partial charge on any atom is -0.490 e. The van der Waals surface area contributed by atoms with Gasteiger partial charge in [0.25, 0.3) is 5.69 Å². The van der Waals surface area contributed by atoms with Crippen LogP contribution in [0.4, 0.5) is 0 Å². The van der Waals surface area contributed by atoms with Crippen LogP contribution in [0.5, 0.6) is 5.75 Å². The van der Waals surface area contributed by atoms with Crippen LogP contribution < -0.4 is 23.0 Å². The summed E-state index contributed by atoms with van der Waals surface area (Å²) < 4.78 is 35.6. The van der Waals surface area contributed by atoms with E-state index in [9.17, 15) is 14.2 Å². The van der Waals surface area contributed by atoms with Crippen molar-refractivity contribution in [3.8, 4) is 50.5 Å². The van der Waals surface area contributed by atoms with Gasteiger partial charge in [-0.15, -0.1) is 0 Å². The van der Waals surface area contributed by atoms with Crippen LogP contribution in [0.25, 0.3) is 44.8 Å². The average Bonchev–Trinajstić information content (AvgIpc) is 3.16. The third-order valence-electron chi connectivity index (χ3n) is 8.73. The molecule has 0 radical (unpaired) electrons. The monoisotopic (exact) mass is 742 g/mol. The van der Waals surface area contributed by atoms with E-state index in [0.717, 1.165) is 50.3 Å². The Morgan fingerprint density at radius 3 is 1.31 bits per heavy atom. The summed E-state index contributed by atoms with van der Waals surface area (Å²) in [6.45, 7) is 0.313. The summed E-state index contributed by atoms with van der Waals surface area (Å²) in [7, 11) is -6.48. The molecule has 0 aliphatic rings. The second-order valence-electron chi connectivity index (χ2n) is 12.3. The minimum atomic E-state index is -4.06. The molecule has 0 aliphatic carbocycles. The molecule has 4 aromatic heterocycles. The van der Waals surface area contributed by atoms with Gasteiger partial charge >= 0.3 is 15.2 Å². The Labute approximate surface area is 301 Å². The van der Waals surface area contributed by atoms with E-state index in [0.29, 0.717) is 5.75 Å². The maximum atomic E-state index is 11.2. The summed E-state index contributed by atoms with van der Waals surface area (Å²) in [6.07, 6.45) is 14.6. The molecule has 0 saturated heterocycles. The number of aromatic nitrogens is 4. The number of aryl methyl sites for hydroxylation is 2. The van der Waals surface area contributed by atoms with Crippen molar-refractivity contribution >= 4 is 15.2 Å². The first-order valence-electron chi connectivity index (χ1n) is 16.4. The molecule has 6 aromatic rings. The van der Waals surface area contributed by atoms with Gasteiger partial charge in [0.1, 0.15) is 12.3 Å². The number of methoxy groups -OCH3 is 1. The summed E-state index contributed by atoms with van der Waals surface area (Å²) in [5.74, 6) is 0.675. The normalized spacial score (nSPS) is 11.8. The molecule has 52 heavy (non-hydrogen) atoms. The number of aliphatic hydroxyl groups excluding tert-OH is 1. The van der Waals surface area contributed by atoms with Gasteiger partial charge in [-0.2, -0.15) is 9.13 Å². The molecule has 0 saturated carbocycles. The Morgan fingerprint density at radius 1 is 0.519 bits per heavy atom. The molecule has 0 bridgehead atoms. The number of rotatable bonds is 13. The van der Waals surface area contributed by atoms with E-state index in [1.807, 2.05) is 131 Å². The van der Waals surface area contributed by atoms with E-state index in [1.54, 1.807) is 28.6 Å². The molecule has 0 spiro atoms. The molecular weight excluding hydrogens is 702 g/mol. The van der Waals surface area contributed by atoms with Crippen molar-refractivity contribution in [3.63, 3.8) is 0 Å². The standard InChI is InChI=1S/C38H36N4O8P2/c1-50-38-27-34(3-5-37(38)42-20-12-32(13-21-42)30-8-16-40(17-9-30)23-25-52(47,48)49)33-2-4-36(35(26-33)28-43)41-18-10-31(11-19-41)29-6-14-39(15-7-29)22-24-51(44,45)46/h2-21,26-27,43H,22-25,28H2,1H3/p+4. The second kappa shape index (κ2) is 15.8. The lowest BCUT2D eigenvalue weighted by Gasteiger charge is -2.10. The summed E-state index contributed by atoms with van der Waals surface area (Å²) in [4.78, 5) is 36.6. The summed E-state index contributed by atoms with van der Waals surface area (Å²) in [5, 5.41) is 10.3. The molecule has 6 rings (SSSR count). The third-order valence-corrected chi connectivity index (χ3v) is 10.3. The molecule has 0 atom stereocenters. The van der Waals surface area contributed by atoms with Gasteiger partial charge in [-0.25, -0.2) is 9.13 Å². The quantitative estimate of drug-likeness (QED) is 0.0886. The van der Waals surface area contributed by atoms with Crippen LogP contribution in [0.3, 0.4) is 0 Å². The molecule has 0 aliphatic heterocycles. The molecule has 0 amide bonds. The molecule has 0 unspecified atom stereocenters. The first-order chi connectivity index (χ1) is 24.9. The minimum absolute atomic E-state index is 0.155. The van der Waals surface area contributed by atoms with E-state index in [2.05, 4.69) is 0 Å². The molecule has 0 fully saturated rings. The van der Waals surface area contributed by atoms with E-state index >= 15 is 0 Å². The molecule has 14 heteroatoms. The zero-order valence-electron chi connectivity index (χ0n) is 28.4. The van der Waals surface area contributed by atoms with Crippen molar-refractivity contribution in [2.24, 2.45) is 0 Å². The van der Waals surface area contributed by atoms with Gasteiger partial charge in [0.05, 0.1) is 19.3 Å². The number of hydrogen-bond donors (Lipinski definition) is 5. The number of aliphatic hydroxyl groups is 1. The van der Waals surface area contributed by atoms with Crippen molar-refractivity contribution in [2.75, 3.05) is 19.4 Å². The van der Waals surface area contributed by atoms with Gasteiger partial charge in [0, 0.05) is 60.7 Å². The smallest absolute Gasteiger partial charge is 0.331 e. The predicted octanol–water partition coefficient (Wildman–Crippen LogP) is 3.67. The summed E-state index contributed by atoms with van der Waals surface area (Å²) in [6, 6.07) is 27.5. The SMILES string of the molecule is COc1cc(-c2ccc(-[n+]3ccc(-c4cc[n+](CCP(=O)(O)O)cc4)cc3)c(CO)c2)ccc1-[n+]1ccc(-c2cc[n+](CCP(=O)(O)O)cc2)cc1. The Bertz CT molecular complexity index is 2090. The van der Waals surface area contributed by atoms with Gasteiger partial charge in [-0.05, 0) is 57.6 Å². The molecule has 266 valence electrons. The fraction of sp³-hybridized carbons (Fsp3) is 0.158. The highest BCUT2D eigenvalue weighted by molar-refractivity contribution is 7.51. The zero-order chi connectivity index (χ0) is 36.9. The zero-order valence-corrected chi connectivity index (χ0v) is 30.2. The Kier molecular flexibility index (Phi) is 11.2. The first kappa shape index (κ1) is 36.9. The molecule has 4 heterocycles. The molecule has 12 nitrogen and oxygen atoms in total. The van der Waals surface area contributed by atoms with Gasteiger partial charge in [0.2, 0.25) is 5.69 Å². The fourth-order valence-electron chi connectivity index (χ4n) is 5.86. The molecule has 2 aromatic carbocycles. The highest BCUT2D eigenvalue weighted by atomic mass is 31.2. The Hall–Kier alpha value is -4.90. The molecule has 5 N–H and O–H groups in total. The van der Waals surface area contributed by atoms with Crippen molar-refractivity contribution in [1.29, 1.82) is 0 Å². The van der Waals surface area contributed by atoms with Crippen LogP contribution in [0.15, 0.2) is 135 Å². The fourth-order valence-corrected chi connectivity index (χ4v) is 6.85. The second-order valence-corrected chi connectivity index (χ2v) is 15.9. The lowest BCUT2D eigenvalue weighted by Crippen LogP contribution is -2.34. The van der Waals surface area contributed by atoms with Crippen LogP contribution in [-0.4, -0.2) is 44.1 Å². The van der Waals surface area contributed by atoms with Crippen LogP contribution in [0.1, 0.15) is 5.56 Å². The van der Waals surface area contributed by atoms with E-state index in [1.165, 1.54) is 0 Å². The maximum absolute atomic E-state index is 11.2. The van der Waals surface area contributed by atoms with Crippen LogP contribution in [0.2, 0.25) is 0 Å². The van der Waals surface area contributed by atoms with E-state index < -0.39 is 15.2 Å². The number of ether oxygens (including phenoxy) is 1. The van der Waals surface area contributed by atoms with Gasteiger partial charge in [0.15, 0.2) is 68.4 Å². The Balaban J connectivity index is 1.16. The van der Waals surface area contributed by atoms with Crippen molar-refractivity contribution in [2.45, 2.75) is 19.7 Å². The summed E-state index contributed by atoms with van der Waals surface area (Å²) >= 11 is 0. The number of hydrogen-bond acceptors (Lipinski definition) is 4. The van der Waals surface area contributed by atoms with Gasteiger partial charge in [-0.1, -0.05) is 0 Å². The average molecular weight is 743 g/mol. The van der Waals surface area contributed by atoms with Crippen molar-refractivity contribution in [1.82, 2.24) is 0 Å². The number of benzene rings is 2. The largest absolute Gasteiger partial charge is 0.490 e. The lowest BCUT2D eigenvalue weighted by molar-refractivity contribution is -0.692. The first-order valence-corrected chi connectivity index (χ1v) is 20.0. The maximum Gasteiger partial charge on any atom is 0.331 e. The van der Waals surface area contributed by atoms with Crippen LogP contribution in [-0.2, 0) is 28.8 Å². The highest BCUT2D eigenvalue weighted by Crippen LogP contribution is 2.34. The van der Waals surface area contributed by atoms with Gasteiger partial charge < -0.3 is 29.4 Å².